The van der Waals surface area contributed by atoms with Crippen LogP contribution in [0.5, 0.6) is 11.5 Å². The van der Waals surface area contributed by atoms with E-state index < -0.39 is 17.6 Å². The van der Waals surface area contributed by atoms with Crippen molar-refractivity contribution in [2.45, 2.75) is 19.2 Å². The summed E-state index contributed by atoms with van der Waals surface area (Å²) in [4.78, 5) is 16.6. The number of benzene rings is 3. The second-order valence-corrected chi connectivity index (χ2v) is 10.1. The van der Waals surface area contributed by atoms with Crippen LogP contribution in [0.3, 0.4) is 0 Å². The molecular formula is C28H21BrF3N5O3S. The highest BCUT2D eigenvalue weighted by atomic mass is 79.9. The molecule has 0 fully saturated rings. The third-order valence-corrected chi connectivity index (χ3v) is 7.02. The Balaban J connectivity index is 1.34. The maximum atomic E-state index is 12.9. The highest BCUT2D eigenvalue weighted by Gasteiger charge is 2.30. The van der Waals surface area contributed by atoms with Gasteiger partial charge in [-0.2, -0.15) is 23.5 Å². The van der Waals surface area contributed by atoms with E-state index in [-0.39, 0.29) is 18.7 Å². The number of ether oxygens (including phenoxy) is 2. The molecule has 0 aliphatic carbocycles. The molecule has 0 radical (unpaired) electrons. The number of halogens is 4. The molecule has 3 aromatic carbocycles. The predicted octanol–water partition coefficient (Wildman–Crippen LogP) is 6.82. The van der Waals surface area contributed by atoms with Crippen molar-refractivity contribution in [3.63, 3.8) is 0 Å². The first-order chi connectivity index (χ1) is 19.7. The van der Waals surface area contributed by atoms with Crippen molar-refractivity contribution in [1.82, 2.24) is 10.4 Å². The number of hydrogen-bond donors (Lipinski definition) is 2. The van der Waals surface area contributed by atoms with Gasteiger partial charge in [-0.05, 0) is 52.3 Å². The number of nitrogens with zero attached hydrogens (tertiary/aromatic N) is 3. The Bertz CT molecular complexity index is 1620. The fourth-order valence-electron chi connectivity index (χ4n) is 3.55. The summed E-state index contributed by atoms with van der Waals surface area (Å²) in [5.41, 5.74) is 4.18. The Morgan fingerprint density at radius 1 is 1.17 bits per heavy atom. The zero-order valence-corrected chi connectivity index (χ0v) is 23.7. The van der Waals surface area contributed by atoms with Gasteiger partial charge in [0.05, 0.1) is 42.6 Å². The lowest BCUT2D eigenvalue weighted by atomic mass is 10.1. The summed E-state index contributed by atoms with van der Waals surface area (Å²) in [5.74, 6) is 0.446. The summed E-state index contributed by atoms with van der Waals surface area (Å²) >= 11 is 4.62. The number of rotatable bonds is 10. The van der Waals surface area contributed by atoms with Gasteiger partial charge in [-0.25, -0.2) is 10.4 Å². The molecule has 4 rings (SSSR count). The van der Waals surface area contributed by atoms with Crippen LogP contribution in [0.25, 0.3) is 0 Å². The zero-order valence-electron chi connectivity index (χ0n) is 21.3. The molecule has 0 saturated heterocycles. The van der Waals surface area contributed by atoms with Crippen molar-refractivity contribution in [2.75, 3.05) is 12.4 Å². The monoisotopic (exact) mass is 643 g/mol. The van der Waals surface area contributed by atoms with Crippen LogP contribution >= 0.6 is 27.3 Å². The average Bonchev–Trinajstić information content (AvgIpc) is 3.38. The summed E-state index contributed by atoms with van der Waals surface area (Å²) in [5, 5.41) is 18.1. The highest BCUT2D eigenvalue weighted by molar-refractivity contribution is 9.10. The smallest absolute Gasteiger partial charge is 0.416 e. The largest absolute Gasteiger partial charge is 0.493 e. The number of hydrazone groups is 1. The molecule has 0 spiro atoms. The Morgan fingerprint density at radius 3 is 2.73 bits per heavy atom. The van der Waals surface area contributed by atoms with Crippen LogP contribution in [0.4, 0.5) is 24.0 Å². The number of carbonyl (C=O) groups excluding carboxylic acids is 1. The van der Waals surface area contributed by atoms with E-state index in [0.717, 1.165) is 29.0 Å². The van der Waals surface area contributed by atoms with Gasteiger partial charge in [0.2, 0.25) is 5.91 Å². The van der Waals surface area contributed by atoms with Crippen LogP contribution in [-0.4, -0.2) is 24.2 Å². The van der Waals surface area contributed by atoms with Gasteiger partial charge in [-0.3, -0.25) is 4.79 Å². The number of amides is 1. The molecule has 1 amide bonds. The van der Waals surface area contributed by atoms with Gasteiger partial charge in [-0.15, -0.1) is 11.3 Å². The van der Waals surface area contributed by atoms with Crippen LogP contribution in [0.2, 0.25) is 0 Å². The molecule has 0 aliphatic heterocycles. The van der Waals surface area contributed by atoms with Crippen LogP contribution < -0.4 is 20.2 Å². The molecule has 41 heavy (non-hydrogen) atoms. The standard InChI is InChI=1S/C28H21BrF3N5O3S/c1-39-24-9-19(23(29)12-25(24)40-15-18-6-3-2-5-17(18)13-33)14-34-37-26(38)11-22-16-41-27(36-22)35-21-8-4-7-20(10-21)28(30,31)32/h2-10,12,14,16H,11,15H2,1H3,(H,35,36)(H,37,38)/b34-14-. The number of methoxy groups -OCH3 is 1. The van der Waals surface area contributed by atoms with Crippen molar-refractivity contribution < 1.29 is 27.4 Å². The molecule has 2 N–H and O–H groups in total. The summed E-state index contributed by atoms with van der Waals surface area (Å²) < 4.78 is 50.7. The quantitative estimate of drug-likeness (QED) is 0.145. The second kappa shape index (κ2) is 13.3. The van der Waals surface area contributed by atoms with E-state index >= 15 is 0 Å². The Hall–Kier alpha value is -4.41. The minimum Gasteiger partial charge on any atom is -0.493 e. The number of nitrogens with one attached hydrogen (secondary N) is 2. The first kappa shape index (κ1) is 29.6. The van der Waals surface area contributed by atoms with Crippen molar-refractivity contribution in [1.29, 1.82) is 5.26 Å². The average molecular weight is 644 g/mol. The topological polar surface area (TPSA) is 109 Å². The number of hydrogen-bond acceptors (Lipinski definition) is 8. The Kier molecular flexibility index (Phi) is 9.59. The molecule has 4 aromatic rings. The van der Waals surface area contributed by atoms with Crippen molar-refractivity contribution >= 4 is 50.2 Å². The second-order valence-electron chi connectivity index (χ2n) is 8.40. The molecule has 0 saturated carbocycles. The SMILES string of the molecule is COc1cc(/C=N\NC(=O)Cc2csc(Nc3cccc(C(F)(F)F)c3)n2)c(Br)cc1OCc1ccccc1C#N. The molecule has 0 bridgehead atoms. The van der Waals surface area contributed by atoms with Crippen molar-refractivity contribution in [3.8, 4) is 17.6 Å². The molecule has 210 valence electrons. The van der Waals surface area contributed by atoms with E-state index in [0.29, 0.717) is 37.9 Å². The zero-order chi connectivity index (χ0) is 29.4. The number of carbonyl (C=O) groups is 1. The van der Waals surface area contributed by atoms with E-state index in [1.807, 2.05) is 12.1 Å². The first-order valence-electron chi connectivity index (χ1n) is 11.8. The molecule has 8 nitrogen and oxygen atoms in total. The lowest BCUT2D eigenvalue weighted by Gasteiger charge is -2.13. The summed E-state index contributed by atoms with van der Waals surface area (Å²) in [6.45, 7) is 0.170. The van der Waals surface area contributed by atoms with Crippen LogP contribution in [0, 0.1) is 11.3 Å². The van der Waals surface area contributed by atoms with Crippen LogP contribution in [-0.2, 0) is 24.0 Å². The lowest BCUT2D eigenvalue weighted by Crippen LogP contribution is -2.20. The molecule has 13 heteroatoms. The molecular weight excluding hydrogens is 623 g/mol. The van der Waals surface area contributed by atoms with E-state index in [2.05, 4.69) is 42.8 Å². The Labute approximate surface area is 245 Å². The molecule has 0 atom stereocenters. The number of alkyl halides is 3. The first-order valence-corrected chi connectivity index (χ1v) is 13.5. The normalized spacial score (nSPS) is 11.2. The van der Waals surface area contributed by atoms with Gasteiger partial charge < -0.3 is 14.8 Å². The van der Waals surface area contributed by atoms with E-state index in [1.165, 1.54) is 25.5 Å². The maximum absolute atomic E-state index is 12.9. The number of anilines is 2. The van der Waals surface area contributed by atoms with Gasteiger partial charge in [0, 0.05) is 26.7 Å². The highest BCUT2D eigenvalue weighted by Crippen LogP contribution is 2.34. The van der Waals surface area contributed by atoms with Gasteiger partial charge in [0.25, 0.3) is 0 Å². The van der Waals surface area contributed by atoms with Gasteiger partial charge in [0.15, 0.2) is 16.6 Å². The molecule has 0 unspecified atom stereocenters. The molecule has 1 aromatic heterocycles. The van der Waals surface area contributed by atoms with Gasteiger partial charge in [0.1, 0.15) is 6.61 Å². The molecule has 0 aliphatic rings. The van der Waals surface area contributed by atoms with Crippen molar-refractivity contribution in [3.05, 3.63) is 98.5 Å². The minimum absolute atomic E-state index is 0.0838. The molecule has 1 heterocycles. The van der Waals surface area contributed by atoms with E-state index in [4.69, 9.17) is 9.47 Å². The van der Waals surface area contributed by atoms with Crippen LogP contribution in [0.1, 0.15) is 27.9 Å². The lowest BCUT2D eigenvalue weighted by molar-refractivity contribution is -0.137. The minimum atomic E-state index is -4.45. The van der Waals surface area contributed by atoms with Gasteiger partial charge >= 0.3 is 6.18 Å². The summed E-state index contributed by atoms with van der Waals surface area (Å²) in [7, 11) is 1.49. The summed E-state index contributed by atoms with van der Waals surface area (Å²) in [6, 6.07) is 17.4. The van der Waals surface area contributed by atoms with E-state index in [1.54, 1.807) is 29.6 Å². The van der Waals surface area contributed by atoms with Crippen LogP contribution in [0.15, 0.2) is 75.6 Å². The predicted molar refractivity (Wildman–Crippen MR) is 152 cm³/mol. The number of aromatic nitrogens is 1. The Morgan fingerprint density at radius 2 is 1.98 bits per heavy atom. The third-order valence-electron chi connectivity index (χ3n) is 5.53. The number of thiazole rings is 1. The maximum Gasteiger partial charge on any atom is 0.416 e. The van der Waals surface area contributed by atoms with Gasteiger partial charge in [-0.1, -0.05) is 24.3 Å². The fraction of sp³-hybridized carbons (Fsp3) is 0.143. The third kappa shape index (κ3) is 8.06. The summed E-state index contributed by atoms with van der Waals surface area (Å²) in [6.07, 6.45) is -3.10. The van der Waals surface area contributed by atoms with Crippen molar-refractivity contribution in [2.24, 2.45) is 5.10 Å². The fourth-order valence-corrected chi connectivity index (χ4v) is 4.71. The van der Waals surface area contributed by atoms with E-state index in [9.17, 15) is 23.2 Å². The number of nitriles is 1.